The maximum atomic E-state index is 12.8. The van der Waals surface area contributed by atoms with E-state index in [1.165, 1.54) is 0 Å². The number of rotatable bonds is 2. The molecule has 1 N–H and O–H groups in total. The average Bonchev–Trinajstić information content (AvgIpc) is 2.29. The van der Waals surface area contributed by atoms with Crippen LogP contribution in [0, 0.1) is 0 Å². The van der Waals surface area contributed by atoms with Crippen LogP contribution in [-0.4, -0.2) is 34.9 Å². The molecule has 1 atom stereocenters. The number of halogens is 3. The van der Waals surface area contributed by atoms with Gasteiger partial charge in [0.25, 0.3) is 0 Å². The van der Waals surface area contributed by atoms with Crippen LogP contribution in [0.4, 0.5) is 13.2 Å². The van der Waals surface area contributed by atoms with Crippen LogP contribution in [-0.2, 0) is 6.54 Å². The maximum absolute atomic E-state index is 12.8. The van der Waals surface area contributed by atoms with Crippen molar-refractivity contribution in [3.8, 4) is 0 Å². The van der Waals surface area contributed by atoms with Gasteiger partial charge in [0.2, 0.25) is 0 Å². The van der Waals surface area contributed by atoms with Gasteiger partial charge in [-0.15, -0.1) is 0 Å². The van der Waals surface area contributed by atoms with Crippen LogP contribution >= 0.6 is 0 Å². The Morgan fingerprint density at radius 1 is 1.22 bits per heavy atom. The van der Waals surface area contributed by atoms with Gasteiger partial charge in [0.15, 0.2) is 5.60 Å². The molecule has 1 aromatic rings. The molecule has 2 nitrogen and oxygen atoms in total. The van der Waals surface area contributed by atoms with E-state index in [2.05, 4.69) is 0 Å². The van der Waals surface area contributed by atoms with Crippen molar-refractivity contribution >= 4 is 0 Å². The molecule has 100 valence electrons. The van der Waals surface area contributed by atoms with Crippen LogP contribution in [0.5, 0.6) is 0 Å². The van der Waals surface area contributed by atoms with Crippen molar-refractivity contribution in [1.82, 2.24) is 4.90 Å². The molecule has 18 heavy (non-hydrogen) atoms. The lowest BCUT2D eigenvalue weighted by Crippen LogP contribution is -2.56. The third-order valence-electron chi connectivity index (χ3n) is 3.33. The number of aliphatic hydroxyl groups is 1. The zero-order valence-electron chi connectivity index (χ0n) is 9.95. The Labute approximate surface area is 104 Å². The van der Waals surface area contributed by atoms with Gasteiger partial charge in [-0.25, -0.2) is 0 Å². The zero-order chi connectivity index (χ0) is 13.2. The molecular formula is C13H16F3NO. The molecule has 1 saturated heterocycles. The molecule has 0 aliphatic carbocycles. The first kappa shape index (κ1) is 13.4. The Balaban J connectivity index is 2.04. The summed E-state index contributed by atoms with van der Waals surface area (Å²) in [7, 11) is 0. The van der Waals surface area contributed by atoms with Crippen LogP contribution in [0.2, 0.25) is 0 Å². The van der Waals surface area contributed by atoms with Gasteiger partial charge in [-0.05, 0) is 24.9 Å². The SMILES string of the molecule is OC1(C(F)(F)F)CCCN(Cc2ccccc2)C1. The Hall–Kier alpha value is -1.07. The summed E-state index contributed by atoms with van der Waals surface area (Å²) < 4.78 is 38.3. The van der Waals surface area contributed by atoms with Gasteiger partial charge in [-0.3, -0.25) is 4.90 Å². The van der Waals surface area contributed by atoms with Crippen LogP contribution < -0.4 is 0 Å². The Bertz CT molecular complexity index is 393. The molecule has 0 radical (unpaired) electrons. The first-order chi connectivity index (χ1) is 8.41. The molecule has 0 aromatic heterocycles. The molecule has 1 fully saturated rings. The maximum Gasteiger partial charge on any atom is 0.418 e. The van der Waals surface area contributed by atoms with Crippen molar-refractivity contribution in [1.29, 1.82) is 0 Å². The van der Waals surface area contributed by atoms with Crippen molar-refractivity contribution < 1.29 is 18.3 Å². The molecule has 1 unspecified atom stereocenters. The molecule has 0 spiro atoms. The lowest BCUT2D eigenvalue weighted by atomic mass is 9.92. The molecule has 1 heterocycles. The highest BCUT2D eigenvalue weighted by atomic mass is 19.4. The highest BCUT2D eigenvalue weighted by molar-refractivity contribution is 5.14. The molecule has 1 aromatic carbocycles. The van der Waals surface area contributed by atoms with E-state index < -0.39 is 11.8 Å². The number of alkyl halides is 3. The number of likely N-dealkylation sites (tertiary alicyclic amines) is 1. The van der Waals surface area contributed by atoms with Crippen molar-refractivity contribution in [2.75, 3.05) is 13.1 Å². The Kier molecular flexibility index (Phi) is 3.64. The van der Waals surface area contributed by atoms with E-state index in [9.17, 15) is 18.3 Å². The fraction of sp³-hybridized carbons (Fsp3) is 0.538. The van der Waals surface area contributed by atoms with Gasteiger partial charge >= 0.3 is 6.18 Å². The summed E-state index contributed by atoms with van der Waals surface area (Å²) >= 11 is 0. The first-order valence-electron chi connectivity index (χ1n) is 5.96. The molecular weight excluding hydrogens is 243 g/mol. The lowest BCUT2D eigenvalue weighted by molar-refractivity contribution is -0.274. The largest absolute Gasteiger partial charge is 0.418 e. The number of β-amino-alcohol motifs (C(OH)–C–C–N with tert-alkyl or cyclic N) is 1. The van der Waals surface area contributed by atoms with Crippen molar-refractivity contribution in [2.24, 2.45) is 0 Å². The van der Waals surface area contributed by atoms with Crippen molar-refractivity contribution in [3.05, 3.63) is 35.9 Å². The fourth-order valence-electron chi connectivity index (χ4n) is 2.33. The second kappa shape index (κ2) is 4.90. The van der Waals surface area contributed by atoms with Crippen LogP contribution in [0.3, 0.4) is 0 Å². The summed E-state index contributed by atoms with van der Waals surface area (Å²) in [5.41, 5.74) is -1.59. The van der Waals surface area contributed by atoms with Gasteiger partial charge in [0.05, 0.1) is 0 Å². The summed E-state index contributed by atoms with van der Waals surface area (Å²) in [4.78, 5) is 1.66. The first-order valence-corrected chi connectivity index (χ1v) is 5.96. The van der Waals surface area contributed by atoms with Crippen molar-refractivity contribution in [3.63, 3.8) is 0 Å². The number of benzene rings is 1. The minimum absolute atomic E-state index is 0.207. The topological polar surface area (TPSA) is 23.5 Å². The normalized spacial score (nSPS) is 26.2. The van der Waals surface area contributed by atoms with E-state index in [1.807, 2.05) is 30.3 Å². The highest BCUT2D eigenvalue weighted by Gasteiger charge is 2.55. The molecule has 0 saturated carbocycles. The highest BCUT2D eigenvalue weighted by Crippen LogP contribution is 2.37. The number of hydrogen-bond acceptors (Lipinski definition) is 2. The third kappa shape index (κ3) is 2.84. The van der Waals surface area contributed by atoms with Gasteiger partial charge in [-0.2, -0.15) is 13.2 Å². The molecule has 2 rings (SSSR count). The van der Waals surface area contributed by atoms with E-state index in [0.717, 1.165) is 5.56 Å². The van der Waals surface area contributed by atoms with E-state index in [4.69, 9.17) is 0 Å². The Morgan fingerprint density at radius 3 is 2.50 bits per heavy atom. The van der Waals surface area contributed by atoms with Gasteiger partial charge in [0.1, 0.15) is 0 Å². The molecule has 1 aliphatic rings. The summed E-state index contributed by atoms with van der Waals surface area (Å²) in [6, 6.07) is 9.33. The van der Waals surface area contributed by atoms with E-state index >= 15 is 0 Å². The number of hydrogen-bond donors (Lipinski definition) is 1. The summed E-state index contributed by atoms with van der Waals surface area (Å²) in [6.45, 7) is 0.692. The third-order valence-corrected chi connectivity index (χ3v) is 3.33. The van der Waals surface area contributed by atoms with Crippen LogP contribution in [0.25, 0.3) is 0 Å². The summed E-state index contributed by atoms with van der Waals surface area (Å²) in [6.07, 6.45) is -4.40. The molecule has 5 heteroatoms. The van der Waals surface area contributed by atoms with Crippen LogP contribution in [0.1, 0.15) is 18.4 Å². The fourth-order valence-corrected chi connectivity index (χ4v) is 2.33. The van der Waals surface area contributed by atoms with Crippen LogP contribution in [0.15, 0.2) is 30.3 Å². The smallest absolute Gasteiger partial charge is 0.379 e. The molecule has 0 bridgehead atoms. The van der Waals surface area contributed by atoms with Gasteiger partial charge in [-0.1, -0.05) is 30.3 Å². The standard InChI is InChI=1S/C13H16F3NO/c14-13(15,16)12(18)7-4-8-17(10-12)9-11-5-2-1-3-6-11/h1-3,5-6,18H,4,7-10H2. The van der Waals surface area contributed by atoms with Gasteiger partial charge in [0, 0.05) is 13.1 Å². The number of piperidine rings is 1. The summed E-state index contributed by atoms with van der Waals surface area (Å²) in [5, 5.41) is 9.69. The minimum Gasteiger partial charge on any atom is -0.379 e. The van der Waals surface area contributed by atoms with Crippen molar-refractivity contribution in [2.45, 2.75) is 31.2 Å². The quantitative estimate of drug-likeness (QED) is 0.882. The Morgan fingerprint density at radius 2 is 1.89 bits per heavy atom. The zero-order valence-corrected chi connectivity index (χ0v) is 9.95. The number of nitrogens with zero attached hydrogens (tertiary/aromatic N) is 1. The molecule has 0 amide bonds. The van der Waals surface area contributed by atoms with Gasteiger partial charge < -0.3 is 5.11 Å². The predicted octanol–water partition coefficient (Wildman–Crippen LogP) is 2.58. The van der Waals surface area contributed by atoms with E-state index in [0.29, 0.717) is 19.5 Å². The van der Waals surface area contributed by atoms with E-state index in [1.54, 1.807) is 4.90 Å². The molecule has 1 aliphatic heterocycles. The lowest BCUT2D eigenvalue weighted by Gasteiger charge is -2.40. The monoisotopic (exact) mass is 259 g/mol. The van der Waals surface area contributed by atoms with E-state index in [-0.39, 0.29) is 13.0 Å². The summed E-state index contributed by atoms with van der Waals surface area (Å²) in [5.74, 6) is 0. The second-order valence-electron chi connectivity index (χ2n) is 4.83. The minimum atomic E-state index is -4.55. The average molecular weight is 259 g/mol. The predicted molar refractivity (Wildman–Crippen MR) is 62.0 cm³/mol. The second-order valence-corrected chi connectivity index (χ2v) is 4.83.